The summed E-state index contributed by atoms with van der Waals surface area (Å²) < 4.78 is 5.43. The van der Waals surface area contributed by atoms with E-state index in [2.05, 4.69) is 11.4 Å². The van der Waals surface area contributed by atoms with E-state index < -0.39 is 11.4 Å². The van der Waals surface area contributed by atoms with E-state index in [-0.39, 0.29) is 0 Å². The fourth-order valence-corrected chi connectivity index (χ4v) is 3.36. The van der Waals surface area contributed by atoms with Gasteiger partial charge in [0.2, 0.25) is 0 Å². The monoisotopic (exact) mass is 305 g/mol. The van der Waals surface area contributed by atoms with Crippen molar-refractivity contribution in [2.75, 3.05) is 13.7 Å². The van der Waals surface area contributed by atoms with Crippen LogP contribution in [0.4, 0.5) is 0 Å². The molecule has 0 heterocycles. The fraction of sp³-hybridized carbons (Fsp3) is 0.611. The molecule has 1 aliphatic rings. The van der Waals surface area contributed by atoms with E-state index in [1.807, 2.05) is 26.0 Å². The Balaban J connectivity index is 2.03. The molecule has 1 aromatic rings. The van der Waals surface area contributed by atoms with Gasteiger partial charge in [0.1, 0.15) is 5.75 Å². The molecule has 1 aliphatic carbocycles. The van der Waals surface area contributed by atoms with Crippen molar-refractivity contribution in [2.24, 2.45) is 5.41 Å². The predicted octanol–water partition coefficient (Wildman–Crippen LogP) is 3.03. The van der Waals surface area contributed by atoms with Gasteiger partial charge in [0.25, 0.3) is 0 Å². The number of aliphatic carboxylic acids is 1. The van der Waals surface area contributed by atoms with Crippen LogP contribution in [0.15, 0.2) is 18.2 Å². The number of hydrogen-bond acceptors (Lipinski definition) is 3. The first-order valence-electron chi connectivity index (χ1n) is 8.17. The Morgan fingerprint density at radius 1 is 1.41 bits per heavy atom. The SMILES string of the molecule is CCC(CC)(CNC1CCc2c(cccc2OC)C1)C(=O)O. The molecular weight excluding hydrogens is 278 g/mol. The average molecular weight is 305 g/mol. The smallest absolute Gasteiger partial charge is 0.310 e. The van der Waals surface area contributed by atoms with Crippen molar-refractivity contribution in [2.45, 2.75) is 52.0 Å². The quantitative estimate of drug-likeness (QED) is 0.813. The molecule has 1 unspecified atom stereocenters. The molecule has 0 amide bonds. The van der Waals surface area contributed by atoms with E-state index in [1.54, 1.807) is 7.11 Å². The number of carboxylic acid groups (broad SMARTS) is 1. The topological polar surface area (TPSA) is 58.6 Å². The van der Waals surface area contributed by atoms with Crippen molar-refractivity contribution in [1.29, 1.82) is 0 Å². The van der Waals surface area contributed by atoms with Gasteiger partial charge < -0.3 is 15.2 Å². The first-order valence-corrected chi connectivity index (χ1v) is 8.17. The largest absolute Gasteiger partial charge is 0.496 e. The summed E-state index contributed by atoms with van der Waals surface area (Å²) in [6.45, 7) is 4.46. The Morgan fingerprint density at radius 2 is 2.14 bits per heavy atom. The second-order valence-electron chi connectivity index (χ2n) is 6.21. The van der Waals surface area contributed by atoms with Crippen LogP contribution < -0.4 is 10.1 Å². The lowest BCUT2D eigenvalue weighted by Gasteiger charge is -2.32. The third-order valence-corrected chi connectivity index (χ3v) is 5.20. The summed E-state index contributed by atoms with van der Waals surface area (Å²) in [4.78, 5) is 11.6. The summed E-state index contributed by atoms with van der Waals surface area (Å²) >= 11 is 0. The summed E-state index contributed by atoms with van der Waals surface area (Å²) in [7, 11) is 1.71. The van der Waals surface area contributed by atoms with Crippen LogP contribution in [0.2, 0.25) is 0 Å². The maximum atomic E-state index is 11.6. The van der Waals surface area contributed by atoms with Crippen LogP contribution in [-0.2, 0) is 17.6 Å². The van der Waals surface area contributed by atoms with Crippen molar-refractivity contribution >= 4 is 5.97 Å². The lowest BCUT2D eigenvalue weighted by Crippen LogP contribution is -2.45. The lowest BCUT2D eigenvalue weighted by atomic mass is 9.81. The number of benzene rings is 1. The minimum Gasteiger partial charge on any atom is -0.496 e. The number of nitrogens with one attached hydrogen (secondary N) is 1. The number of methoxy groups -OCH3 is 1. The summed E-state index contributed by atoms with van der Waals surface area (Å²) in [5.41, 5.74) is 1.98. The van der Waals surface area contributed by atoms with Crippen molar-refractivity contribution in [3.05, 3.63) is 29.3 Å². The number of ether oxygens (including phenoxy) is 1. The maximum Gasteiger partial charge on any atom is 0.310 e. The summed E-state index contributed by atoms with van der Waals surface area (Å²) in [5.74, 6) is 0.279. The van der Waals surface area contributed by atoms with Gasteiger partial charge in [-0.3, -0.25) is 4.79 Å². The van der Waals surface area contributed by atoms with Gasteiger partial charge in [0, 0.05) is 12.6 Å². The normalized spacial score (nSPS) is 17.9. The zero-order valence-electron chi connectivity index (χ0n) is 13.8. The highest BCUT2D eigenvalue weighted by Gasteiger charge is 2.35. The van der Waals surface area contributed by atoms with Crippen LogP contribution in [-0.4, -0.2) is 30.8 Å². The number of rotatable bonds is 7. The van der Waals surface area contributed by atoms with E-state index in [4.69, 9.17) is 4.74 Å². The molecule has 0 fully saturated rings. The van der Waals surface area contributed by atoms with Crippen molar-refractivity contribution in [3.8, 4) is 5.75 Å². The maximum absolute atomic E-state index is 11.6. The van der Waals surface area contributed by atoms with Gasteiger partial charge in [0.15, 0.2) is 0 Å². The molecular formula is C18H27NO3. The van der Waals surface area contributed by atoms with E-state index in [1.165, 1.54) is 11.1 Å². The Kier molecular flexibility index (Phi) is 5.46. The van der Waals surface area contributed by atoms with Gasteiger partial charge in [-0.1, -0.05) is 26.0 Å². The second kappa shape index (κ2) is 7.14. The first-order chi connectivity index (χ1) is 10.6. The van der Waals surface area contributed by atoms with Gasteiger partial charge in [-0.2, -0.15) is 0 Å². The van der Waals surface area contributed by atoms with Crippen LogP contribution in [0.25, 0.3) is 0 Å². The standard InChI is InChI=1S/C18H27NO3/c1-4-18(5-2,17(20)21)12-19-14-9-10-15-13(11-14)7-6-8-16(15)22-3/h6-8,14,19H,4-5,9-12H2,1-3H3,(H,20,21). The molecule has 4 nitrogen and oxygen atoms in total. The molecule has 0 aromatic heterocycles. The molecule has 4 heteroatoms. The van der Waals surface area contributed by atoms with E-state index in [0.29, 0.717) is 25.4 Å². The molecule has 0 saturated carbocycles. The Hall–Kier alpha value is -1.55. The number of carbonyl (C=O) groups is 1. The fourth-order valence-electron chi connectivity index (χ4n) is 3.36. The third kappa shape index (κ3) is 3.27. The van der Waals surface area contributed by atoms with E-state index in [9.17, 15) is 9.90 Å². The Bertz CT molecular complexity index is 523. The molecule has 0 bridgehead atoms. The van der Waals surface area contributed by atoms with E-state index >= 15 is 0 Å². The second-order valence-corrected chi connectivity index (χ2v) is 6.21. The number of fused-ring (bicyclic) bond motifs is 1. The van der Waals surface area contributed by atoms with Gasteiger partial charge in [-0.05, 0) is 49.3 Å². The zero-order valence-corrected chi connectivity index (χ0v) is 13.8. The van der Waals surface area contributed by atoms with Crippen LogP contribution in [0, 0.1) is 5.41 Å². The van der Waals surface area contributed by atoms with Crippen LogP contribution in [0.3, 0.4) is 0 Å². The predicted molar refractivity (Wildman–Crippen MR) is 87.5 cm³/mol. The highest BCUT2D eigenvalue weighted by Crippen LogP contribution is 2.31. The van der Waals surface area contributed by atoms with Crippen LogP contribution in [0.5, 0.6) is 5.75 Å². The minimum atomic E-state index is -0.692. The van der Waals surface area contributed by atoms with Crippen molar-refractivity contribution < 1.29 is 14.6 Å². The third-order valence-electron chi connectivity index (χ3n) is 5.20. The lowest BCUT2D eigenvalue weighted by molar-refractivity contribution is -0.149. The molecule has 1 aromatic carbocycles. The van der Waals surface area contributed by atoms with Gasteiger partial charge >= 0.3 is 5.97 Å². The molecule has 22 heavy (non-hydrogen) atoms. The molecule has 122 valence electrons. The van der Waals surface area contributed by atoms with Crippen LogP contribution >= 0.6 is 0 Å². The molecule has 0 aliphatic heterocycles. The first kappa shape index (κ1) is 16.8. The molecule has 0 spiro atoms. The number of carboxylic acids is 1. The van der Waals surface area contributed by atoms with Gasteiger partial charge in [-0.25, -0.2) is 0 Å². The molecule has 2 N–H and O–H groups in total. The highest BCUT2D eigenvalue weighted by atomic mass is 16.5. The van der Waals surface area contributed by atoms with Gasteiger partial charge in [-0.15, -0.1) is 0 Å². The van der Waals surface area contributed by atoms with Crippen molar-refractivity contribution in [3.63, 3.8) is 0 Å². The average Bonchev–Trinajstić information content (AvgIpc) is 2.55. The highest BCUT2D eigenvalue weighted by molar-refractivity contribution is 5.74. The Labute approximate surface area is 132 Å². The van der Waals surface area contributed by atoms with Crippen molar-refractivity contribution in [1.82, 2.24) is 5.32 Å². The summed E-state index contributed by atoms with van der Waals surface area (Å²) in [6.07, 6.45) is 4.26. The molecule has 2 rings (SSSR count). The zero-order chi connectivity index (χ0) is 16.2. The Morgan fingerprint density at radius 3 is 2.73 bits per heavy atom. The van der Waals surface area contributed by atoms with E-state index in [0.717, 1.165) is 25.0 Å². The number of hydrogen-bond donors (Lipinski definition) is 2. The van der Waals surface area contributed by atoms with Crippen LogP contribution in [0.1, 0.15) is 44.2 Å². The van der Waals surface area contributed by atoms with Gasteiger partial charge in [0.05, 0.1) is 12.5 Å². The summed E-state index contributed by atoms with van der Waals surface area (Å²) in [5, 5.41) is 13.0. The molecule has 0 saturated heterocycles. The molecule has 0 radical (unpaired) electrons. The molecule has 1 atom stereocenters. The minimum absolute atomic E-state index is 0.344. The summed E-state index contributed by atoms with van der Waals surface area (Å²) in [6, 6.07) is 6.53.